The highest BCUT2D eigenvalue weighted by Gasteiger charge is 2.13. The summed E-state index contributed by atoms with van der Waals surface area (Å²) in [5, 5.41) is 4.43. The maximum Gasteiger partial charge on any atom is 0.343 e. The number of hydrogen-bond acceptors (Lipinski definition) is 7. The zero-order chi connectivity index (χ0) is 24.5. The van der Waals surface area contributed by atoms with Crippen LogP contribution in [0, 0.1) is 0 Å². The minimum Gasteiger partial charge on any atom is -0.497 e. The van der Waals surface area contributed by atoms with Crippen LogP contribution >= 0.6 is 23.2 Å². The SMILES string of the molecule is COc1ccc(C(=O)Oc2ccc(/C=N\NC(=O)COc3cccc(Cl)c3Cl)cc2OC)cc1. The molecule has 3 aromatic carbocycles. The van der Waals surface area contributed by atoms with Crippen molar-refractivity contribution in [2.75, 3.05) is 20.8 Å². The number of nitrogens with zero attached hydrogens (tertiary/aromatic N) is 1. The van der Waals surface area contributed by atoms with Gasteiger partial charge in [-0.1, -0.05) is 29.3 Å². The highest BCUT2D eigenvalue weighted by Crippen LogP contribution is 2.31. The summed E-state index contributed by atoms with van der Waals surface area (Å²) in [5.41, 5.74) is 3.30. The van der Waals surface area contributed by atoms with Crippen LogP contribution in [0.25, 0.3) is 0 Å². The average Bonchev–Trinajstić information content (AvgIpc) is 2.85. The van der Waals surface area contributed by atoms with E-state index in [0.717, 1.165) is 0 Å². The highest BCUT2D eigenvalue weighted by molar-refractivity contribution is 6.42. The summed E-state index contributed by atoms with van der Waals surface area (Å²) in [7, 11) is 2.99. The van der Waals surface area contributed by atoms with Crippen LogP contribution in [-0.4, -0.2) is 38.9 Å². The molecule has 0 aliphatic carbocycles. The number of methoxy groups -OCH3 is 2. The number of nitrogens with one attached hydrogen (secondary N) is 1. The summed E-state index contributed by atoms with van der Waals surface area (Å²) in [6, 6.07) is 16.2. The van der Waals surface area contributed by atoms with E-state index in [9.17, 15) is 9.59 Å². The molecule has 0 fully saturated rings. The molecule has 0 radical (unpaired) electrons. The molecule has 0 aliphatic rings. The van der Waals surface area contributed by atoms with Crippen molar-refractivity contribution in [3.8, 4) is 23.0 Å². The first-order valence-electron chi connectivity index (χ1n) is 9.84. The van der Waals surface area contributed by atoms with E-state index in [0.29, 0.717) is 27.6 Å². The molecule has 34 heavy (non-hydrogen) atoms. The Balaban J connectivity index is 1.57. The maximum absolute atomic E-state index is 12.4. The molecular formula is C24H20Cl2N2O6. The van der Waals surface area contributed by atoms with E-state index in [2.05, 4.69) is 10.5 Å². The van der Waals surface area contributed by atoms with E-state index in [4.69, 9.17) is 42.1 Å². The Labute approximate surface area is 206 Å². The standard InChI is InChI=1S/C24H20Cl2N2O6/c1-31-17-9-7-16(8-10-17)24(30)34-19-11-6-15(12-21(19)32-2)13-27-28-22(29)14-33-20-5-3-4-18(25)23(20)26/h3-13H,14H2,1-2H3,(H,28,29)/b27-13-. The van der Waals surface area contributed by atoms with Crippen LogP contribution in [-0.2, 0) is 4.79 Å². The summed E-state index contributed by atoms with van der Waals surface area (Å²) >= 11 is 11.9. The van der Waals surface area contributed by atoms with Gasteiger partial charge in [0.15, 0.2) is 18.1 Å². The van der Waals surface area contributed by atoms with E-state index in [-0.39, 0.29) is 23.1 Å². The summed E-state index contributed by atoms with van der Waals surface area (Å²) in [6.45, 7) is -0.305. The zero-order valence-corrected chi connectivity index (χ0v) is 19.7. The summed E-state index contributed by atoms with van der Waals surface area (Å²) < 4.78 is 21.2. The fourth-order valence-corrected chi connectivity index (χ4v) is 3.03. The lowest BCUT2D eigenvalue weighted by atomic mass is 10.2. The first-order chi connectivity index (χ1) is 16.4. The third-order valence-corrected chi connectivity index (χ3v) is 5.20. The molecule has 0 saturated heterocycles. The van der Waals surface area contributed by atoms with E-state index in [1.54, 1.807) is 67.8 Å². The number of ether oxygens (including phenoxy) is 4. The van der Waals surface area contributed by atoms with Gasteiger partial charge in [-0.3, -0.25) is 4.79 Å². The summed E-state index contributed by atoms with van der Waals surface area (Å²) in [4.78, 5) is 24.4. The van der Waals surface area contributed by atoms with Crippen LogP contribution in [0.5, 0.6) is 23.0 Å². The fourth-order valence-electron chi connectivity index (χ4n) is 2.68. The molecule has 0 aliphatic heterocycles. The van der Waals surface area contributed by atoms with Crippen LogP contribution in [0.2, 0.25) is 10.0 Å². The average molecular weight is 503 g/mol. The lowest BCUT2D eigenvalue weighted by Crippen LogP contribution is -2.24. The Kier molecular flexibility index (Phi) is 8.73. The Morgan fingerprint density at radius 1 is 0.941 bits per heavy atom. The molecule has 1 amide bonds. The number of amides is 1. The molecular weight excluding hydrogens is 483 g/mol. The van der Waals surface area contributed by atoms with Crippen molar-refractivity contribution < 1.29 is 28.5 Å². The summed E-state index contributed by atoms with van der Waals surface area (Å²) in [6.07, 6.45) is 1.40. The minimum atomic E-state index is -0.547. The van der Waals surface area contributed by atoms with E-state index < -0.39 is 11.9 Å². The van der Waals surface area contributed by atoms with Crippen LogP contribution in [0.15, 0.2) is 65.8 Å². The second kappa shape index (κ2) is 11.9. The summed E-state index contributed by atoms with van der Waals surface area (Å²) in [5.74, 6) is 0.425. The molecule has 176 valence electrons. The number of carbonyl (C=O) groups excluding carboxylic acids is 2. The molecule has 3 rings (SSSR count). The Morgan fingerprint density at radius 3 is 2.41 bits per heavy atom. The van der Waals surface area contributed by atoms with Crippen molar-refractivity contribution in [2.45, 2.75) is 0 Å². The Hall–Kier alpha value is -3.75. The second-order valence-electron chi connectivity index (χ2n) is 6.66. The molecule has 0 atom stereocenters. The highest BCUT2D eigenvalue weighted by atomic mass is 35.5. The van der Waals surface area contributed by atoms with Gasteiger partial charge in [0.05, 0.1) is 31.0 Å². The molecule has 0 unspecified atom stereocenters. The van der Waals surface area contributed by atoms with Gasteiger partial charge < -0.3 is 18.9 Å². The number of benzene rings is 3. The molecule has 10 heteroatoms. The van der Waals surface area contributed by atoms with Gasteiger partial charge >= 0.3 is 5.97 Å². The number of hydrazone groups is 1. The van der Waals surface area contributed by atoms with Crippen LogP contribution < -0.4 is 24.4 Å². The van der Waals surface area contributed by atoms with Gasteiger partial charge in [0.2, 0.25) is 0 Å². The number of rotatable bonds is 9. The third-order valence-electron chi connectivity index (χ3n) is 4.39. The Morgan fingerprint density at radius 2 is 1.71 bits per heavy atom. The van der Waals surface area contributed by atoms with Crippen molar-refractivity contribution in [2.24, 2.45) is 5.10 Å². The van der Waals surface area contributed by atoms with E-state index >= 15 is 0 Å². The van der Waals surface area contributed by atoms with Crippen molar-refractivity contribution in [3.05, 3.63) is 81.8 Å². The zero-order valence-electron chi connectivity index (χ0n) is 18.2. The molecule has 8 nitrogen and oxygen atoms in total. The van der Waals surface area contributed by atoms with Gasteiger partial charge in [-0.2, -0.15) is 5.10 Å². The van der Waals surface area contributed by atoms with Gasteiger partial charge in [-0.25, -0.2) is 10.2 Å². The van der Waals surface area contributed by atoms with E-state index in [1.807, 2.05) is 0 Å². The van der Waals surface area contributed by atoms with E-state index in [1.165, 1.54) is 13.3 Å². The number of halogens is 2. The minimum absolute atomic E-state index is 0.223. The predicted molar refractivity (Wildman–Crippen MR) is 129 cm³/mol. The quantitative estimate of drug-likeness (QED) is 0.196. The smallest absolute Gasteiger partial charge is 0.343 e. The number of carbonyl (C=O) groups is 2. The first-order valence-corrected chi connectivity index (χ1v) is 10.6. The van der Waals surface area contributed by atoms with Crippen molar-refractivity contribution in [1.82, 2.24) is 5.43 Å². The molecule has 0 bridgehead atoms. The third kappa shape index (κ3) is 6.63. The van der Waals surface area contributed by atoms with Gasteiger partial charge in [0.25, 0.3) is 5.91 Å². The normalized spacial score (nSPS) is 10.6. The molecule has 3 aromatic rings. The van der Waals surface area contributed by atoms with Gasteiger partial charge in [-0.15, -0.1) is 0 Å². The lowest BCUT2D eigenvalue weighted by molar-refractivity contribution is -0.123. The maximum atomic E-state index is 12.4. The van der Waals surface area contributed by atoms with Gasteiger partial charge in [-0.05, 0) is 60.2 Å². The molecule has 0 heterocycles. The van der Waals surface area contributed by atoms with Crippen molar-refractivity contribution in [3.63, 3.8) is 0 Å². The van der Waals surface area contributed by atoms with Crippen molar-refractivity contribution in [1.29, 1.82) is 0 Å². The Bertz CT molecular complexity index is 1200. The number of esters is 1. The fraction of sp³-hybridized carbons (Fsp3) is 0.125. The van der Waals surface area contributed by atoms with Crippen LogP contribution in [0.4, 0.5) is 0 Å². The molecule has 1 N–H and O–H groups in total. The molecule has 0 saturated carbocycles. The largest absolute Gasteiger partial charge is 0.497 e. The number of hydrogen-bond donors (Lipinski definition) is 1. The molecule has 0 spiro atoms. The lowest BCUT2D eigenvalue weighted by Gasteiger charge is -2.10. The van der Waals surface area contributed by atoms with Crippen molar-refractivity contribution >= 4 is 41.3 Å². The monoisotopic (exact) mass is 502 g/mol. The van der Waals surface area contributed by atoms with Crippen LogP contribution in [0.3, 0.4) is 0 Å². The predicted octanol–water partition coefficient (Wildman–Crippen LogP) is 4.76. The van der Waals surface area contributed by atoms with Crippen LogP contribution in [0.1, 0.15) is 15.9 Å². The topological polar surface area (TPSA) is 95.5 Å². The van der Waals surface area contributed by atoms with Gasteiger partial charge in [0, 0.05) is 0 Å². The first kappa shape index (κ1) is 24.9. The molecule has 0 aromatic heterocycles. The second-order valence-corrected chi connectivity index (χ2v) is 7.45. The van der Waals surface area contributed by atoms with Gasteiger partial charge in [0.1, 0.15) is 16.5 Å².